The smallest absolute Gasteiger partial charge is 0.253 e. The summed E-state index contributed by atoms with van der Waals surface area (Å²) in [6, 6.07) is 6.57. The van der Waals surface area contributed by atoms with Crippen LogP contribution in [0.1, 0.15) is 42.5 Å². The van der Waals surface area contributed by atoms with Gasteiger partial charge in [0.2, 0.25) is 0 Å². The first-order valence-electron chi connectivity index (χ1n) is 6.97. The fourth-order valence-corrected chi connectivity index (χ4v) is 3.36. The lowest BCUT2D eigenvalue weighted by Crippen LogP contribution is -2.38. The molecule has 1 aliphatic carbocycles. The van der Waals surface area contributed by atoms with Crippen LogP contribution < -0.4 is 0 Å². The van der Waals surface area contributed by atoms with Gasteiger partial charge in [0, 0.05) is 24.9 Å². The molecule has 2 rings (SSSR count). The molecule has 20 heavy (non-hydrogen) atoms. The largest absolute Gasteiger partial charge is 0.339 e. The highest BCUT2D eigenvalue weighted by atomic mass is 32.2. The molecule has 0 N–H and O–H groups in total. The summed E-state index contributed by atoms with van der Waals surface area (Å²) in [7, 11) is -1.47. The SMILES string of the molecule is CN(C(=O)c1cccc(S(C)(=O)=O)c1)C1CCCCC1. The van der Waals surface area contributed by atoms with Gasteiger partial charge in [0.15, 0.2) is 9.84 Å². The van der Waals surface area contributed by atoms with Gasteiger partial charge in [-0.2, -0.15) is 0 Å². The molecule has 0 atom stereocenters. The Morgan fingerprint density at radius 2 is 1.85 bits per heavy atom. The van der Waals surface area contributed by atoms with E-state index in [1.165, 1.54) is 18.6 Å². The molecule has 0 aliphatic heterocycles. The second-order valence-corrected chi connectivity index (χ2v) is 7.52. The topological polar surface area (TPSA) is 54.5 Å². The molecule has 1 aliphatic rings. The molecule has 1 fully saturated rings. The summed E-state index contributed by atoms with van der Waals surface area (Å²) in [5.41, 5.74) is 0.445. The summed E-state index contributed by atoms with van der Waals surface area (Å²) in [6.45, 7) is 0. The minimum absolute atomic E-state index is 0.0950. The molecule has 5 heteroatoms. The number of hydrogen-bond donors (Lipinski definition) is 0. The third-order valence-corrected chi connectivity index (χ3v) is 5.06. The fraction of sp³-hybridized carbons (Fsp3) is 0.533. The van der Waals surface area contributed by atoms with E-state index < -0.39 is 9.84 Å². The van der Waals surface area contributed by atoms with Crippen molar-refractivity contribution in [3.05, 3.63) is 29.8 Å². The first kappa shape index (κ1) is 15.0. The predicted molar refractivity (Wildman–Crippen MR) is 78.5 cm³/mol. The molecule has 110 valence electrons. The maximum absolute atomic E-state index is 12.5. The minimum Gasteiger partial charge on any atom is -0.339 e. The second-order valence-electron chi connectivity index (χ2n) is 5.51. The van der Waals surface area contributed by atoms with Crippen molar-refractivity contribution in [1.29, 1.82) is 0 Å². The molecule has 0 radical (unpaired) electrons. The Hall–Kier alpha value is -1.36. The summed E-state index contributed by atoms with van der Waals surface area (Å²) in [4.78, 5) is 14.4. The predicted octanol–water partition coefficient (Wildman–Crippen LogP) is 2.49. The molecule has 0 aromatic heterocycles. The lowest BCUT2D eigenvalue weighted by atomic mass is 9.94. The molecule has 1 aromatic rings. The average molecular weight is 295 g/mol. The van der Waals surface area contributed by atoms with Crippen LogP contribution in [0.2, 0.25) is 0 Å². The third kappa shape index (κ3) is 3.39. The third-order valence-electron chi connectivity index (χ3n) is 3.95. The van der Waals surface area contributed by atoms with Crippen LogP contribution in [0.3, 0.4) is 0 Å². The Morgan fingerprint density at radius 3 is 2.45 bits per heavy atom. The average Bonchev–Trinajstić information content (AvgIpc) is 2.46. The fourth-order valence-electron chi connectivity index (χ4n) is 2.70. The molecule has 1 amide bonds. The highest BCUT2D eigenvalue weighted by Crippen LogP contribution is 2.23. The van der Waals surface area contributed by atoms with Crippen LogP contribution >= 0.6 is 0 Å². The lowest BCUT2D eigenvalue weighted by Gasteiger charge is -2.31. The van der Waals surface area contributed by atoms with E-state index in [4.69, 9.17) is 0 Å². The number of hydrogen-bond acceptors (Lipinski definition) is 3. The second kappa shape index (κ2) is 5.95. The van der Waals surface area contributed by atoms with E-state index in [0.29, 0.717) is 5.56 Å². The summed E-state index contributed by atoms with van der Waals surface area (Å²) in [5.74, 6) is -0.0950. The molecule has 1 aromatic carbocycles. The number of nitrogens with zero attached hydrogens (tertiary/aromatic N) is 1. The molecule has 0 bridgehead atoms. The van der Waals surface area contributed by atoms with E-state index in [2.05, 4.69) is 0 Å². The Morgan fingerprint density at radius 1 is 1.20 bits per heavy atom. The normalized spacial score (nSPS) is 16.9. The molecule has 0 heterocycles. The van der Waals surface area contributed by atoms with Crippen LogP contribution in [0.15, 0.2) is 29.2 Å². The van der Waals surface area contributed by atoms with Crippen molar-refractivity contribution in [1.82, 2.24) is 4.90 Å². The maximum atomic E-state index is 12.5. The molecule has 0 unspecified atom stereocenters. The van der Waals surface area contributed by atoms with Crippen LogP contribution in [0.4, 0.5) is 0 Å². The molecule has 0 saturated heterocycles. The molecule has 0 spiro atoms. The van der Waals surface area contributed by atoms with Crippen LogP contribution in [0.5, 0.6) is 0 Å². The first-order valence-corrected chi connectivity index (χ1v) is 8.86. The van der Waals surface area contributed by atoms with E-state index in [-0.39, 0.29) is 16.8 Å². The van der Waals surface area contributed by atoms with E-state index in [9.17, 15) is 13.2 Å². The molecular weight excluding hydrogens is 274 g/mol. The van der Waals surface area contributed by atoms with E-state index in [1.807, 2.05) is 7.05 Å². The van der Waals surface area contributed by atoms with Gasteiger partial charge in [-0.25, -0.2) is 8.42 Å². The van der Waals surface area contributed by atoms with Crippen molar-refractivity contribution < 1.29 is 13.2 Å². The van der Waals surface area contributed by atoms with Crippen LogP contribution in [-0.4, -0.2) is 38.6 Å². The van der Waals surface area contributed by atoms with Gasteiger partial charge in [0.1, 0.15) is 0 Å². The van der Waals surface area contributed by atoms with E-state index in [0.717, 1.165) is 31.9 Å². The van der Waals surface area contributed by atoms with Gasteiger partial charge in [-0.3, -0.25) is 4.79 Å². The van der Waals surface area contributed by atoms with Crippen molar-refractivity contribution in [3.8, 4) is 0 Å². The quantitative estimate of drug-likeness (QED) is 0.861. The Balaban J connectivity index is 2.20. The summed E-state index contributed by atoms with van der Waals surface area (Å²) < 4.78 is 23.1. The number of carbonyl (C=O) groups is 1. The zero-order chi connectivity index (χ0) is 14.8. The lowest BCUT2D eigenvalue weighted by molar-refractivity contribution is 0.0696. The number of rotatable bonds is 3. The Labute approximate surface area is 120 Å². The van der Waals surface area contributed by atoms with Gasteiger partial charge in [0.05, 0.1) is 4.90 Å². The van der Waals surface area contributed by atoms with Gasteiger partial charge in [-0.1, -0.05) is 25.3 Å². The van der Waals surface area contributed by atoms with E-state index >= 15 is 0 Å². The maximum Gasteiger partial charge on any atom is 0.253 e. The van der Waals surface area contributed by atoms with Crippen molar-refractivity contribution in [2.75, 3.05) is 13.3 Å². The number of carbonyl (C=O) groups excluding carboxylic acids is 1. The number of amides is 1. The number of sulfone groups is 1. The van der Waals surface area contributed by atoms with Crippen molar-refractivity contribution in [3.63, 3.8) is 0 Å². The molecule has 4 nitrogen and oxygen atoms in total. The Bertz CT molecular complexity index is 589. The van der Waals surface area contributed by atoms with Gasteiger partial charge in [-0.05, 0) is 31.0 Å². The summed E-state index contributed by atoms with van der Waals surface area (Å²) in [6.07, 6.45) is 6.78. The van der Waals surface area contributed by atoms with Crippen LogP contribution in [0.25, 0.3) is 0 Å². The number of benzene rings is 1. The van der Waals surface area contributed by atoms with E-state index in [1.54, 1.807) is 17.0 Å². The van der Waals surface area contributed by atoms with Gasteiger partial charge >= 0.3 is 0 Å². The zero-order valence-corrected chi connectivity index (χ0v) is 12.8. The van der Waals surface area contributed by atoms with Crippen molar-refractivity contribution >= 4 is 15.7 Å². The van der Waals surface area contributed by atoms with Crippen LogP contribution in [-0.2, 0) is 9.84 Å². The summed E-state index contributed by atoms with van der Waals surface area (Å²) >= 11 is 0. The standard InChI is InChI=1S/C15H21NO3S/c1-16(13-8-4-3-5-9-13)15(17)12-7-6-10-14(11-12)20(2,18)19/h6-7,10-11,13H,3-5,8-9H2,1-2H3. The highest BCUT2D eigenvalue weighted by Gasteiger charge is 2.23. The zero-order valence-electron chi connectivity index (χ0n) is 12.0. The molecule has 1 saturated carbocycles. The van der Waals surface area contributed by atoms with Crippen molar-refractivity contribution in [2.45, 2.75) is 43.0 Å². The van der Waals surface area contributed by atoms with Gasteiger partial charge in [0.25, 0.3) is 5.91 Å². The monoisotopic (exact) mass is 295 g/mol. The van der Waals surface area contributed by atoms with Gasteiger partial charge < -0.3 is 4.90 Å². The highest BCUT2D eigenvalue weighted by molar-refractivity contribution is 7.90. The molecular formula is C15H21NO3S. The van der Waals surface area contributed by atoms with Crippen molar-refractivity contribution in [2.24, 2.45) is 0 Å². The summed E-state index contributed by atoms with van der Waals surface area (Å²) in [5, 5.41) is 0. The van der Waals surface area contributed by atoms with Crippen LogP contribution in [0, 0.1) is 0 Å². The minimum atomic E-state index is -3.28. The van der Waals surface area contributed by atoms with Gasteiger partial charge in [-0.15, -0.1) is 0 Å². The first-order chi connectivity index (χ1) is 9.39. The Kier molecular flexibility index (Phi) is 4.48.